The standard InChI is InChI=1S/C14H19BrCl2N2/c1-2-5-18-11-4-3-6-19(9-11)14-12(16)7-10(15)8-13(14)17/h7-8,11,18H,2-6,9H2,1H3. The molecular formula is C14H19BrCl2N2. The van der Waals surface area contributed by atoms with Gasteiger partial charge in [0.2, 0.25) is 0 Å². The maximum atomic E-state index is 6.34. The van der Waals surface area contributed by atoms with Gasteiger partial charge in [-0.05, 0) is 37.9 Å². The van der Waals surface area contributed by atoms with Crippen molar-refractivity contribution in [1.82, 2.24) is 5.32 Å². The summed E-state index contributed by atoms with van der Waals surface area (Å²) in [6, 6.07) is 4.35. The molecule has 1 heterocycles. The first-order valence-electron chi connectivity index (χ1n) is 6.74. The van der Waals surface area contributed by atoms with E-state index in [4.69, 9.17) is 23.2 Å². The van der Waals surface area contributed by atoms with Gasteiger partial charge in [-0.2, -0.15) is 0 Å². The summed E-state index contributed by atoms with van der Waals surface area (Å²) < 4.78 is 0.920. The van der Waals surface area contributed by atoms with Crippen LogP contribution < -0.4 is 10.2 Å². The summed E-state index contributed by atoms with van der Waals surface area (Å²) in [4.78, 5) is 2.30. The van der Waals surface area contributed by atoms with Gasteiger partial charge in [0, 0.05) is 23.6 Å². The molecule has 1 aromatic carbocycles. The second kappa shape index (κ2) is 7.16. The maximum absolute atomic E-state index is 6.34. The molecule has 0 aromatic heterocycles. The van der Waals surface area contributed by atoms with Crippen molar-refractivity contribution in [3.63, 3.8) is 0 Å². The van der Waals surface area contributed by atoms with E-state index >= 15 is 0 Å². The lowest BCUT2D eigenvalue weighted by Crippen LogP contribution is -2.46. The Balaban J connectivity index is 2.13. The zero-order valence-corrected chi connectivity index (χ0v) is 14.2. The normalized spacial score (nSPS) is 19.8. The fourth-order valence-corrected chi connectivity index (χ4v) is 3.98. The van der Waals surface area contributed by atoms with Crippen LogP contribution in [-0.2, 0) is 0 Å². The second-order valence-electron chi connectivity index (χ2n) is 4.96. The van der Waals surface area contributed by atoms with Crippen LogP contribution in [0, 0.1) is 0 Å². The Bertz CT molecular complexity index is 416. The Hall–Kier alpha value is 0.0400. The molecule has 0 radical (unpaired) electrons. The van der Waals surface area contributed by atoms with Crippen LogP contribution in [0.5, 0.6) is 0 Å². The summed E-state index contributed by atoms with van der Waals surface area (Å²) in [6.07, 6.45) is 3.56. The summed E-state index contributed by atoms with van der Waals surface area (Å²) in [5, 5.41) is 5.02. The Morgan fingerprint density at radius 2 is 2.05 bits per heavy atom. The van der Waals surface area contributed by atoms with Crippen LogP contribution in [0.25, 0.3) is 0 Å². The van der Waals surface area contributed by atoms with Crippen LogP contribution in [0.15, 0.2) is 16.6 Å². The van der Waals surface area contributed by atoms with Crippen LogP contribution in [0.4, 0.5) is 5.69 Å². The van der Waals surface area contributed by atoms with E-state index in [1.807, 2.05) is 12.1 Å². The number of nitrogens with zero attached hydrogens (tertiary/aromatic N) is 1. The minimum Gasteiger partial charge on any atom is -0.368 e. The number of hydrogen-bond acceptors (Lipinski definition) is 2. The van der Waals surface area contributed by atoms with Crippen molar-refractivity contribution in [3.05, 3.63) is 26.7 Å². The number of hydrogen-bond donors (Lipinski definition) is 1. The Morgan fingerprint density at radius 1 is 1.37 bits per heavy atom. The molecule has 2 nitrogen and oxygen atoms in total. The van der Waals surface area contributed by atoms with Gasteiger partial charge in [-0.3, -0.25) is 0 Å². The molecule has 0 bridgehead atoms. The quantitative estimate of drug-likeness (QED) is 0.829. The number of benzene rings is 1. The van der Waals surface area contributed by atoms with Gasteiger partial charge in [-0.15, -0.1) is 0 Å². The topological polar surface area (TPSA) is 15.3 Å². The van der Waals surface area contributed by atoms with Gasteiger partial charge < -0.3 is 10.2 Å². The van der Waals surface area contributed by atoms with E-state index in [0.29, 0.717) is 6.04 Å². The average Bonchev–Trinajstić information content (AvgIpc) is 2.35. The third-order valence-electron chi connectivity index (χ3n) is 3.40. The molecule has 0 aliphatic carbocycles. The molecule has 0 spiro atoms. The molecule has 1 fully saturated rings. The van der Waals surface area contributed by atoms with Crippen molar-refractivity contribution in [2.45, 2.75) is 32.2 Å². The lowest BCUT2D eigenvalue weighted by atomic mass is 10.0. The van der Waals surface area contributed by atoms with Crippen LogP contribution in [0.1, 0.15) is 26.2 Å². The van der Waals surface area contributed by atoms with Crippen LogP contribution >= 0.6 is 39.1 Å². The first-order chi connectivity index (χ1) is 9.11. The average molecular weight is 366 g/mol. The summed E-state index contributed by atoms with van der Waals surface area (Å²) in [5.41, 5.74) is 0.967. The zero-order chi connectivity index (χ0) is 13.8. The Morgan fingerprint density at radius 3 is 2.68 bits per heavy atom. The van der Waals surface area contributed by atoms with E-state index in [9.17, 15) is 0 Å². The molecular weight excluding hydrogens is 347 g/mol. The molecule has 106 valence electrons. The minimum absolute atomic E-state index is 0.532. The number of piperidine rings is 1. The SMILES string of the molecule is CCCNC1CCCN(c2c(Cl)cc(Br)cc2Cl)C1. The molecule has 0 saturated carbocycles. The molecule has 1 unspecified atom stereocenters. The minimum atomic E-state index is 0.532. The first-order valence-corrected chi connectivity index (χ1v) is 8.29. The predicted octanol–water partition coefficient (Wildman–Crippen LogP) is 4.72. The molecule has 1 N–H and O–H groups in total. The largest absolute Gasteiger partial charge is 0.368 e. The van der Waals surface area contributed by atoms with E-state index in [-0.39, 0.29) is 0 Å². The summed E-state index contributed by atoms with van der Waals surface area (Å²) >= 11 is 16.1. The van der Waals surface area contributed by atoms with Gasteiger partial charge in [0.1, 0.15) is 0 Å². The van der Waals surface area contributed by atoms with Gasteiger partial charge in [0.25, 0.3) is 0 Å². The molecule has 1 atom stereocenters. The maximum Gasteiger partial charge on any atom is 0.0746 e. The molecule has 1 aromatic rings. The highest BCUT2D eigenvalue weighted by atomic mass is 79.9. The lowest BCUT2D eigenvalue weighted by Gasteiger charge is -2.36. The first kappa shape index (κ1) is 15.4. The highest BCUT2D eigenvalue weighted by Gasteiger charge is 2.23. The Labute approximate surface area is 133 Å². The van der Waals surface area contributed by atoms with Crippen molar-refractivity contribution < 1.29 is 0 Å². The van der Waals surface area contributed by atoms with Gasteiger partial charge in [-0.1, -0.05) is 46.1 Å². The molecule has 1 saturated heterocycles. The van der Waals surface area contributed by atoms with Gasteiger partial charge in [0.15, 0.2) is 0 Å². The van der Waals surface area contributed by atoms with Crippen LogP contribution in [0.3, 0.4) is 0 Å². The highest BCUT2D eigenvalue weighted by molar-refractivity contribution is 9.10. The molecule has 5 heteroatoms. The molecule has 2 rings (SSSR count). The van der Waals surface area contributed by atoms with E-state index in [0.717, 1.165) is 46.3 Å². The zero-order valence-electron chi connectivity index (χ0n) is 11.1. The van der Waals surface area contributed by atoms with Crippen molar-refractivity contribution in [1.29, 1.82) is 0 Å². The van der Waals surface area contributed by atoms with Crippen molar-refractivity contribution in [2.24, 2.45) is 0 Å². The Kier molecular flexibility index (Phi) is 5.82. The molecule has 0 amide bonds. The van der Waals surface area contributed by atoms with Gasteiger partial charge >= 0.3 is 0 Å². The monoisotopic (exact) mass is 364 g/mol. The third-order valence-corrected chi connectivity index (χ3v) is 4.44. The van der Waals surface area contributed by atoms with Crippen molar-refractivity contribution in [2.75, 3.05) is 24.5 Å². The van der Waals surface area contributed by atoms with E-state index in [1.165, 1.54) is 12.8 Å². The van der Waals surface area contributed by atoms with Crippen molar-refractivity contribution in [3.8, 4) is 0 Å². The van der Waals surface area contributed by atoms with Crippen LogP contribution in [-0.4, -0.2) is 25.7 Å². The van der Waals surface area contributed by atoms with E-state index in [2.05, 4.69) is 33.1 Å². The lowest BCUT2D eigenvalue weighted by molar-refractivity contribution is 0.423. The molecule has 1 aliphatic rings. The molecule has 1 aliphatic heterocycles. The van der Waals surface area contributed by atoms with E-state index in [1.54, 1.807) is 0 Å². The van der Waals surface area contributed by atoms with Gasteiger partial charge in [0.05, 0.1) is 15.7 Å². The number of anilines is 1. The predicted molar refractivity (Wildman–Crippen MR) is 87.7 cm³/mol. The number of rotatable bonds is 4. The third kappa shape index (κ3) is 4.01. The number of nitrogens with one attached hydrogen (secondary N) is 1. The fraction of sp³-hybridized carbons (Fsp3) is 0.571. The number of halogens is 3. The van der Waals surface area contributed by atoms with Crippen LogP contribution in [0.2, 0.25) is 10.0 Å². The smallest absolute Gasteiger partial charge is 0.0746 e. The summed E-state index contributed by atoms with van der Waals surface area (Å²) in [5.74, 6) is 0. The highest BCUT2D eigenvalue weighted by Crippen LogP contribution is 2.37. The summed E-state index contributed by atoms with van der Waals surface area (Å²) in [6.45, 7) is 5.25. The van der Waals surface area contributed by atoms with Crippen molar-refractivity contribution >= 4 is 44.8 Å². The summed E-state index contributed by atoms with van der Waals surface area (Å²) in [7, 11) is 0. The second-order valence-corrected chi connectivity index (χ2v) is 6.69. The molecule has 19 heavy (non-hydrogen) atoms. The fourth-order valence-electron chi connectivity index (χ4n) is 2.53. The van der Waals surface area contributed by atoms with Gasteiger partial charge in [-0.25, -0.2) is 0 Å². The van der Waals surface area contributed by atoms with E-state index < -0.39 is 0 Å².